The van der Waals surface area contributed by atoms with Gasteiger partial charge in [0.1, 0.15) is 11.9 Å². The number of likely N-dealkylation sites (N-methyl/N-ethyl adjacent to an activating group) is 2. The van der Waals surface area contributed by atoms with Crippen molar-refractivity contribution in [1.29, 1.82) is 0 Å². The molecular formula is C101H198N18O15. The molecule has 0 aromatic carbocycles. The van der Waals surface area contributed by atoms with Crippen molar-refractivity contribution < 1.29 is 72.2 Å². The van der Waals surface area contributed by atoms with Crippen LogP contribution in [-0.2, 0) is 67.1 Å². The Balaban J connectivity index is 0. The van der Waals surface area contributed by atoms with Crippen LogP contribution in [0.25, 0.3) is 0 Å². The van der Waals surface area contributed by atoms with Gasteiger partial charge in [-0.25, -0.2) is 0 Å². The van der Waals surface area contributed by atoms with Crippen LogP contribution in [0, 0.1) is 65.1 Å². The first-order valence-corrected chi connectivity index (χ1v) is 51.7. The van der Waals surface area contributed by atoms with Crippen molar-refractivity contribution in [1.82, 2.24) is 92.0 Å². The number of ketones is 1. The van der Waals surface area contributed by atoms with Gasteiger partial charge < -0.3 is 92.0 Å². The molecule has 0 spiro atoms. The van der Waals surface area contributed by atoms with Gasteiger partial charge in [0.05, 0.1) is 13.0 Å². The monoisotopic (exact) mass is 1900 g/mol. The van der Waals surface area contributed by atoms with Crippen molar-refractivity contribution in [2.75, 3.05) is 230 Å². The molecule has 6 aliphatic heterocycles. The summed E-state index contributed by atoms with van der Waals surface area (Å²) in [7, 11) is 4.32. The summed E-state index contributed by atoms with van der Waals surface area (Å²) in [6, 6.07) is 0. The summed E-state index contributed by atoms with van der Waals surface area (Å²) in [5, 5.41) is 33.8. The Bertz CT molecular complexity index is 3090. The fraction of sp³-hybridized carbons (Fsp3) is 0.871. The van der Waals surface area contributed by atoms with E-state index in [2.05, 4.69) is 108 Å². The van der Waals surface area contributed by atoms with Gasteiger partial charge >= 0.3 is 11.9 Å². The number of carbonyl (C=O) groups excluding carboxylic acids is 12. The molecule has 7 fully saturated rings. The molecule has 782 valence electrons. The summed E-state index contributed by atoms with van der Waals surface area (Å²) < 4.78 is 5.42. The highest BCUT2D eigenvalue weighted by atomic mass is 16.5. The maximum Gasteiger partial charge on any atom is 0.306 e. The highest BCUT2D eigenvalue weighted by Gasteiger charge is 2.26. The first-order valence-electron chi connectivity index (χ1n) is 51.7. The molecule has 10 N–H and O–H groups in total. The average Bonchev–Trinajstić information content (AvgIpc) is 0.953. The number of likely N-dealkylation sites (tertiary alicyclic amines) is 3. The SMILES string of the molecule is CC(=O)CNC(=O)C(C)C.CC(C)C(=O)NCCC(=O)O.CC(C)C(=O)NCCCN1CCCCC1.CC(C)C(=O)NCCCN1CCN(C)CC1.CC(C)C(=O)NCCN1CCCCC1.CC(C)C(=O)NCCN1CCN(C)CC1.CC1CCC(CCNC(=O)C(C)C)CC1.CCC(=O)N1CCN(CCNC(=O)C(C)C)CC1.CCCC(=O)OC1CCN(CCNC(=O)C(C)C)CC1. The predicted molar refractivity (Wildman–Crippen MR) is 541 cm³/mol. The van der Waals surface area contributed by atoms with Gasteiger partial charge in [-0.05, 0) is 136 Å². The van der Waals surface area contributed by atoms with E-state index in [-0.39, 0.29) is 150 Å². The second-order valence-corrected chi connectivity index (χ2v) is 39.9. The van der Waals surface area contributed by atoms with Gasteiger partial charge in [-0.1, -0.05) is 184 Å². The molecule has 7 rings (SSSR count). The molecule has 6 heterocycles. The number of hydrogen-bond acceptors (Lipinski definition) is 22. The molecule has 7 aliphatic rings. The summed E-state index contributed by atoms with van der Waals surface area (Å²) in [6.45, 7) is 72.8. The molecule has 10 amide bonds. The first-order chi connectivity index (χ1) is 63.3. The molecule has 33 heteroatoms. The highest BCUT2D eigenvalue weighted by Crippen LogP contribution is 2.30. The lowest BCUT2D eigenvalue weighted by molar-refractivity contribution is -0.151. The van der Waals surface area contributed by atoms with Crippen molar-refractivity contribution in [3.05, 3.63) is 0 Å². The van der Waals surface area contributed by atoms with E-state index in [0.29, 0.717) is 25.9 Å². The van der Waals surface area contributed by atoms with Gasteiger partial charge in [-0.15, -0.1) is 0 Å². The van der Waals surface area contributed by atoms with Gasteiger partial charge in [-0.3, -0.25) is 72.1 Å². The summed E-state index contributed by atoms with van der Waals surface area (Å²) >= 11 is 0. The Labute approximate surface area is 812 Å². The van der Waals surface area contributed by atoms with Crippen molar-refractivity contribution >= 4 is 76.8 Å². The number of nitrogens with one attached hydrogen (secondary N) is 9. The number of carboxylic acids is 1. The first kappa shape index (κ1) is 129. The number of esters is 1. The van der Waals surface area contributed by atoms with Crippen LogP contribution in [0.1, 0.15) is 274 Å². The molecule has 0 unspecified atom stereocenters. The fourth-order valence-electron chi connectivity index (χ4n) is 14.4. The summed E-state index contributed by atoms with van der Waals surface area (Å²) in [5.41, 5.74) is 0. The summed E-state index contributed by atoms with van der Waals surface area (Å²) in [6.07, 6.45) is 20.7. The second-order valence-electron chi connectivity index (χ2n) is 39.9. The van der Waals surface area contributed by atoms with E-state index in [1.165, 1.54) is 117 Å². The average molecular weight is 1900 g/mol. The normalized spacial score (nSPS) is 17.8. The Kier molecular flexibility index (Phi) is 76.9. The van der Waals surface area contributed by atoms with E-state index in [4.69, 9.17) is 9.84 Å². The smallest absolute Gasteiger partial charge is 0.306 e. The van der Waals surface area contributed by atoms with Crippen LogP contribution in [0.4, 0.5) is 0 Å². The van der Waals surface area contributed by atoms with Crippen LogP contribution in [-0.4, -0.2) is 362 Å². The number of Topliss-reactive ketones (excluding diaryl/α,β-unsaturated/α-hetero) is 1. The molecule has 0 aromatic heterocycles. The van der Waals surface area contributed by atoms with Gasteiger partial charge in [0.2, 0.25) is 59.1 Å². The predicted octanol–water partition coefficient (Wildman–Crippen LogP) is 8.72. The summed E-state index contributed by atoms with van der Waals surface area (Å²) in [4.78, 5) is 165. The number of nitrogens with zero attached hydrogens (tertiary/aromatic N) is 9. The zero-order valence-corrected chi connectivity index (χ0v) is 88.9. The van der Waals surface area contributed by atoms with Gasteiger partial charge in [0, 0.05) is 236 Å². The van der Waals surface area contributed by atoms with Crippen LogP contribution in [0.3, 0.4) is 0 Å². The van der Waals surface area contributed by atoms with Crippen LogP contribution in [0.15, 0.2) is 0 Å². The Morgan fingerprint density at radius 3 is 0.918 bits per heavy atom. The topological polar surface area (TPSA) is 389 Å². The van der Waals surface area contributed by atoms with E-state index in [1.807, 2.05) is 116 Å². The number of ether oxygens (including phenoxy) is 1. The fourth-order valence-corrected chi connectivity index (χ4v) is 14.4. The minimum absolute atomic E-state index is 0.0154. The standard InChI is InChI=1S/C15H28N2O3.C13H25N3O2.C13H25NO.C12H25N3O.C12H24N2O.C11H23N3O.C11H22N2O.C7H13NO3.C7H13NO2/c1-4-5-14(18)20-13-6-9-17(10-7-13)11-8-16-15(19)12(2)3;1-4-12(17)16-9-7-15(8-10-16)6-5-14-13(18)11(2)3;1-10(2)13(15)14-9-8-12-6-4-11(3)5-7-12;1-11(2)12(16)13-5-4-6-15-9-7-14(3)8-10-15;1-11(2)12(15)13-7-6-10-14-8-4-3-5-9-14;1-10(2)11(15)12-4-5-14-8-6-13(3)7-9-14;1-10(2)11(14)12-6-9-13-7-4-3-5-8-13;1-5(2)7(11)8-4-3-6(9)10;1-5(2)7(10)8-4-6(3)9/h12-13H,4-11H2,1-3H3,(H,16,19);11H,4-10H2,1-3H3,(H,14,18);10-12H,4-9H2,1-3H3,(H,14,15);11H,4-10H2,1-3H3,(H,13,16);11H,3-10H2,1-2H3,(H,13,15);10H,4-9H2,1-3H3,(H,12,15);10H,3-9H2,1-2H3,(H,12,14);5H,3-4H2,1-2H3,(H,8,11)(H,9,10);5H,4H2,1-3H3,(H,8,10). The number of carboxylic acid groups (broad SMARTS) is 1. The van der Waals surface area contributed by atoms with Crippen LogP contribution in [0.5, 0.6) is 0 Å². The Hall–Kier alpha value is -7.01. The maximum atomic E-state index is 11.5. The van der Waals surface area contributed by atoms with Crippen LogP contribution in [0.2, 0.25) is 0 Å². The molecule has 33 nitrogen and oxygen atoms in total. The Morgan fingerprint density at radius 2 is 0.604 bits per heavy atom. The van der Waals surface area contributed by atoms with Gasteiger partial charge in [-0.2, -0.15) is 0 Å². The lowest BCUT2D eigenvalue weighted by atomic mass is 9.81. The number of carbonyl (C=O) groups is 13. The van der Waals surface area contributed by atoms with E-state index >= 15 is 0 Å². The van der Waals surface area contributed by atoms with Crippen molar-refractivity contribution in [2.45, 2.75) is 280 Å². The largest absolute Gasteiger partial charge is 0.481 e. The minimum Gasteiger partial charge on any atom is -0.481 e. The molecule has 1 aliphatic carbocycles. The zero-order valence-electron chi connectivity index (χ0n) is 88.9. The maximum absolute atomic E-state index is 11.5. The number of piperazine rings is 3. The van der Waals surface area contributed by atoms with E-state index in [0.717, 1.165) is 194 Å². The van der Waals surface area contributed by atoms with E-state index in [9.17, 15) is 62.3 Å². The lowest BCUT2D eigenvalue weighted by Gasteiger charge is -2.34. The van der Waals surface area contributed by atoms with Crippen molar-refractivity contribution in [3.63, 3.8) is 0 Å². The van der Waals surface area contributed by atoms with Crippen molar-refractivity contribution in [3.8, 4) is 0 Å². The van der Waals surface area contributed by atoms with Gasteiger partial charge in [0.25, 0.3) is 0 Å². The third kappa shape index (κ3) is 72.3. The van der Waals surface area contributed by atoms with E-state index < -0.39 is 5.97 Å². The molecule has 1 saturated carbocycles. The summed E-state index contributed by atoms with van der Waals surface area (Å²) in [5.74, 6) is 2.42. The quantitative estimate of drug-likeness (QED) is 0.0202. The van der Waals surface area contributed by atoms with Crippen LogP contribution >= 0.6 is 0 Å². The molecular weight excluding hydrogens is 1710 g/mol. The molecule has 0 bridgehead atoms. The molecule has 6 saturated heterocycles. The molecule has 134 heavy (non-hydrogen) atoms. The minimum atomic E-state index is -0.894. The zero-order chi connectivity index (χ0) is 101. The van der Waals surface area contributed by atoms with Crippen LogP contribution < -0.4 is 47.9 Å². The number of piperidine rings is 3. The second kappa shape index (κ2) is 79.9. The molecule has 0 atom stereocenters. The molecule has 0 aromatic rings. The number of hydrogen-bond donors (Lipinski definition) is 10. The number of rotatable bonds is 41. The molecule has 0 radical (unpaired) electrons. The van der Waals surface area contributed by atoms with Gasteiger partial charge in [0.15, 0.2) is 0 Å². The number of amides is 10. The van der Waals surface area contributed by atoms with Crippen molar-refractivity contribution in [2.24, 2.45) is 65.1 Å². The third-order valence-electron chi connectivity index (χ3n) is 24.1. The lowest BCUT2D eigenvalue weighted by Crippen LogP contribution is -2.50. The third-order valence-corrected chi connectivity index (χ3v) is 24.1. The van der Waals surface area contributed by atoms with E-state index in [1.54, 1.807) is 27.7 Å². The number of aliphatic carboxylic acids is 1. The highest BCUT2D eigenvalue weighted by molar-refractivity contribution is 5.85. The Morgan fingerprint density at radius 1 is 0.321 bits per heavy atom.